The van der Waals surface area contributed by atoms with Crippen LogP contribution < -0.4 is 5.32 Å². The molecule has 1 fully saturated rings. The van der Waals surface area contributed by atoms with Crippen LogP contribution in [0.1, 0.15) is 50.7 Å². The predicted molar refractivity (Wildman–Crippen MR) is 127 cm³/mol. The Morgan fingerprint density at radius 1 is 1.15 bits per heavy atom. The molecule has 176 valence electrons. The van der Waals surface area contributed by atoms with Gasteiger partial charge in [-0.05, 0) is 61.1 Å². The van der Waals surface area contributed by atoms with Crippen LogP contribution in [0.15, 0.2) is 59.1 Å². The summed E-state index contributed by atoms with van der Waals surface area (Å²) >= 11 is 5.61. The summed E-state index contributed by atoms with van der Waals surface area (Å²) in [5.41, 5.74) is 0.883. The molecule has 0 bridgehead atoms. The van der Waals surface area contributed by atoms with E-state index in [1.807, 2.05) is 23.1 Å². The Balaban J connectivity index is 1.73. The summed E-state index contributed by atoms with van der Waals surface area (Å²) in [6.07, 6.45) is 2.46. The number of carboxylic acids is 2. The van der Waals surface area contributed by atoms with Crippen LogP contribution in [0.2, 0.25) is 0 Å². The molecule has 1 saturated heterocycles. The molecule has 4 rings (SSSR count). The number of aromatic nitrogens is 1. The van der Waals surface area contributed by atoms with Gasteiger partial charge in [-0.1, -0.05) is 6.07 Å². The minimum atomic E-state index is -1.22. The van der Waals surface area contributed by atoms with E-state index in [2.05, 4.69) is 10.3 Å². The van der Waals surface area contributed by atoms with Crippen LogP contribution in [0.5, 0.6) is 0 Å². The minimum Gasteiger partial charge on any atom is -0.478 e. The molecule has 1 aliphatic rings. The van der Waals surface area contributed by atoms with Gasteiger partial charge >= 0.3 is 11.9 Å². The zero-order chi connectivity index (χ0) is 24.2. The van der Waals surface area contributed by atoms with Crippen molar-refractivity contribution in [2.24, 2.45) is 0 Å². The summed E-state index contributed by atoms with van der Waals surface area (Å²) in [5, 5.41) is 22.7. The lowest BCUT2D eigenvalue weighted by Crippen LogP contribution is -2.31. The molecule has 2 aromatic heterocycles. The smallest absolute Gasteiger partial charge is 0.335 e. The van der Waals surface area contributed by atoms with Gasteiger partial charge in [0, 0.05) is 32.0 Å². The molecule has 3 N–H and O–H groups in total. The molecule has 0 unspecified atom stereocenters. The topological polar surface area (TPSA) is 125 Å². The first-order valence-corrected chi connectivity index (χ1v) is 11.0. The molecule has 34 heavy (non-hydrogen) atoms. The zero-order valence-electron chi connectivity index (χ0n) is 18.3. The number of carbonyl (C=O) groups is 2. The van der Waals surface area contributed by atoms with E-state index >= 15 is 0 Å². The van der Waals surface area contributed by atoms with E-state index in [-0.39, 0.29) is 23.2 Å². The fraction of sp³-hybridized carbons (Fsp3) is 0.250. The molecule has 0 spiro atoms. The van der Waals surface area contributed by atoms with Crippen LogP contribution >= 0.6 is 12.2 Å². The lowest BCUT2D eigenvalue weighted by Gasteiger charge is -2.26. The van der Waals surface area contributed by atoms with Gasteiger partial charge in [0.05, 0.1) is 22.9 Å². The maximum absolute atomic E-state index is 11.5. The van der Waals surface area contributed by atoms with E-state index in [9.17, 15) is 19.8 Å². The number of ether oxygens (including phenoxy) is 1. The molecule has 0 saturated carbocycles. The van der Waals surface area contributed by atoms with Crippen LogP contribution in [0.4, 0.5) is 0 Å². The van der Waals surface area contributed by atoms with Crippen LogP contribution in [-0.4, -0.2) is 57.4 Å². The molecule has 1 aromatic carbocycles. The second-order valence-electron chi connectivity index (χ2n) is 7.78. The molecule has 2 atom stereocenters. The number of thiocarbonyl (C=S) groups is 1. The molecule has 3 aromatic rings. The van der Waals surface area contributed by atoms with Crippen molar-refractivity contribution in [2.75, 3.05) is 20.3 Å². The first-order valence-electron chi connectivity index (χ1n) is 10.6. The van der Waals surface area contributed by atoms with Crippen LogP contribution in [-0.2, 0) is 4.74 Å². The Labute approximate surface area is 201 Å². The summed E-state index contributed by atoms with van der Waals surface area (Å²) in [5.74, 6) is -1.50. The van der Waals surface area contributed by atoms with Crippen molar-refractivity contribution < 1.29 is 29.0 Å². The lowest BCUT2D eigenvalue weighted by atomic mass is 10.0. The molecule has 0 amide bonds. The summed E-state index contributed by atoms with van der Waals surface area (Å²) in [7, 11) is 1.64. The van der Waals surface area contributed by atoms with Gasteiger partial charge < -0.3 is 29.6 Å². The quantitative estimate of drug-likeness (QED) is 0.307. The monoisotopic (exact) mass is 481 g/mol. The highest BCUT2D eigenvalue weighted by molar-refractivity contribution is 7.80. The normalized spacial score (nSPS) is 17.6. The SMILES string of the molecule is COCCCN1C(=S)N[C@H](c2ccccn2)[C@H]1c1ccc(-c2cc(C(=O)O)cc(C(=O)O)c2)o1. The minimum absolute atomic E-state index is 0.135. The number of benzene rings is 1. The summed E-state index contributed by atoms with van der Waals surface area (Å²) in [6, 6.07) is 12.5. The Bertz CT molecular complexity index is 1180. The summed E-state index contributed by atoms with van der Waals surface area (Å²) < 4.78 is 11.4. The fourth-order valence-electron chi connectivity index (χ4n) is 4.02. The van der Waals surface area contributed by atoms with Gasteiger partial charge in [-0.2, -0.15) is 0 Å². The van der Waals surface area contributed by atoms with Gasteiger partial charge in [0.25, 0.3) is 0 Å². The first kappa shape index (κ1) is 23.4. The van der Waals surface area contributed by atoms with E-state index in [4.69, 9.17) is 21.4 Å². The van der Waals surface area contributed by atoms with Gasteiger partial charge in [-0.3, -0.25) is 4.98 Å². The van der Waals surface area contributed by atoms with E-state index in [0.717, 1.165) is 18.2 Å². The lowest BCUT2D eigenvalue weighted by molar-refractivity contribution is 0.0696. The number of nitrogens with one attached hydrogen (secondary N) is 1. The Morgan fingerprint density at radius 2 is 1.88 bits per heavy atom. The van der Waals surface area contributed by atoms with Gasteiger partial charge in [-0.15, -0.1) is 0 Å². The number of furan rings is 1. The molecular formula is C24H23N3O6S. The maximum atomic E-state index is 11.5. The largest absolute Gasteiger partial charge is 0.478 e. The zero-order valence-corrected chi connectivity index (χ0v) is 19.1. The number of pyridine rings is 1. The number of methoxy groups -OCH3 is 1. The van der Waals surface area contributed by atoms with E-state index < -0.39 is 11.9 Å². The summed E-state index contributed by atoms with van der Waals surface area (Å²) in [6.45, 7) is 1.20. The van der Waals surface area contributed by atoms with Crippen molar-refractivity contribution in [3.05, 3.63) is 77.3 Å². The maximum Gasteiger partial charge on any atom is 0.335 e. The molecule has 0 aliphatic carbocycles. The van der Waals surface area contributed by atoms with Crippen molar-refractivity contribution in [1.82, 2.24) is 15.2 Å². The molecule has 3 heterocycles. The molecular weight excluding hydrogens is 458 g/mol. The number of hydrogen-bond acceptors (Lipinski definition) is 6. The first-order chi connectivity index (χ1) is 16.4. The third-order valence-electron chi connectivity index (χ3n) is 5.57. The number of rotatable bonds is 9. The third-order valence-corrected chi connectivity index (χ3v) is 5.93. The standard InChI is InChI=1S/C24H23N3O6S/c1-32-10-4-9-27-21(20(26-24(27)34)17-5-2-3-8-25-17)19-7-6-18(33-19)14-11-15(22(28)29)13-16(12-14)23(30)31/h2-3,5-8,11-13,20-21H,4,9-10H2,1H3,(H,26,34)(H,28,29)(H,30,31)/t20-,21-/m1/s1. The number of carboxylic acid groups (broad SMARTS) is 2. The highest BCUT2D eigenvalue weighted by Crippen LogP contribution is 2.40. The Morgan fingerprint density at radius 3 is 2.50 bits per heavy atom. The molecule has 10 heteroatoms. The summed E-state index contributed by atoms with van der Waals surface area (Å²) in [4.78, 5) is 29.5. The number of hydrogen-bond donors (Lipinski definition) is 3. The van der Waals surface area contributed by atoms with Crippen molar-refractivity contribution in [3.63, 3.8) is 0 Å². The van der Waals surface area contributed by atoms with Gasteiger partial charge in [0.1, 0.15) is 17.6 Å². The van der Waals surface area contributed by atoms with Crippen LogP contribution in [0.25, 0.3) is 11.3 Å². The molecule has 9 nitrogen and oxygen atoms in total. The Kier molecular flexibility index (Phi) is 6.90. The van der Waals surface area contributed by atoms with Crippen molar-refractivity contribution in [2.45, 2.75) is 18.5 Å². The number of nitrogens with zero attached hydrogens (tertiary/aromatic N) is 2. The van der Waals surface area contributed by atoms with Crippen molar-refractivity contribution >= 4 is 29.3 Å². The third kappa shape index (κ3) is 4.78. The molecule has 0 radical (unpaired) electrons. The van der Waals surface area contributed by atoms with Gasteiger partial charge in [0.2, 0.25) is 0 Å². The Hall–Kier alpha value is -3.76. The highest BCUT2D eigenvalue weighted by atomic mass is 32.1. The van der Waals surface area contributed by atoms with Crippen molar-refractivity contribution in [1.29, 1.82) is 0 Å². The van der Waals surface area contributed by atoms with E-state index in [0.29, 0.717) is 35.3 Å². The van der Waals surface area contributed by atoms with Crippen molar-refractivity contribution in [3.8, 4) is 11.3 Å². The second kappa shape index (κ2) is 10.0. The van der Waals surface area contributed by atoms with Gasteiger partial charge in [-0.25, -0.2) is 9.59 Å². The predicted octanol–water partition coefficient (Wildman–Crippen LogP) is 3.75. The fourth-order valence-corrected chi connectivity index (χ4v) is 4.35. The molecule has 1 aliphatic heterocycles. The number of aromatic carboxylic acids is 2. The van der Waals surface area contributed by atoms with Gasteiger partial charge in [0.15, 0.2) is 5.11 Å². The van der Waals surface area contributed by atoms with Crippen LogP contribution in [0.3, 0.4) is 0 Å². The second-order valence-corrected chi connectivity index (χ2v) is 8.16. The highest BCUT2D eigenvalue weighted by Gasteiger charge is 2.41. The van der Waals surface area contributed by atoms with E-state index in [1.165, 1.54) is 12.1 Å². The van der Waals surface area contributed by atoms with E-state index in [1.54, 1.807) is 25.4 Å². The van der Waals surface area contributed by atoms with Crippen LogP contribution in [0, 0.1) is 0 Å². The average molecular weight is 482 g/mol. The average Bonchev–Trinajstić information content (AvgIpc) is 3.44.